The van der Waals surface area contributed by atoms with Crippen LogP contribution in [0.25, 0.3) is 16.7 Å². The zero-order valence-electron chi connectivity index (χ0n) is 34.4. The van der Waals surface area contributed by atoms with Gasteiger partial charge >= 0.3 is 0 Å². The van der Waals surface area contributed by atoms with Gasteiger partial charge in [-0.25, -0.2) is 0 Å². The van der Waals surface area contributed by atoms with Gasteiger partial charge in [0, 0.05) is 28.8 Å². The van der Waals surface area contributed by atoms with Crippen LogP contribution in [-0.2, 0) is 12.0 Å². The third kappa shape index (κ3) is 9.59. The Labute approximate surface area is 346 Å². The van der Waals surface area contributed by atoms with E-state index in [9.17, 15) is 0 Å². The highest BCUT2D eigenvalue weighted by atomic mass is 14.7. The van der Waals surface area contributed by atoms with Crippen LogP contribution < -0.4 is 0 Å². The Balaban J connectivity index is 1.11. The lowest BCUT2D eigenvalue weighted by Gasteiger charge is -2.29. The molecule has 5 aromatic carbocycles. The predicted molar refractivity (Wildman–Crippen MR) is 249 cm³/mol. The Morgan fingerprint density at radius 3 is 1.93 bits per heavy atom. The number of hydrogen-bond acceptors (Lipinski definition) is 2. The smallest absolute Gasteiger partial charge is 0.0666 e. The fraction of sp³-hybridized carbons (Fsp3) is 0.179. The molecule has 2 atom stereocenters. The number of allylic oxidation sites excluding steroid dienone is 12. The summed E-state index contributed by atoms with van der Waals surface area (Å²) in [7, 11) is 0. The Kier molecular flexibility index (Phi) is 13.2. The van der Waals surface area contributed by atoms with Crippen molar-refractivity contribution in [3.05, 3.63) is 244 Å². The minimum absolute atomic E-state index is 0.379. The Hall–Kier alpha value is -6.38. The van der Waals surface area contributed by atoms with Crippen molar-refractivity contribution in [2.24, 2.45) is 9.98 Å². The molecule has 0 bridgehead atoms. The molecule has 288 valence electrons. The van der Waals surface area contributed by atoms with Gasteiger partial charge in [0.2, 0.25) is 0 Å². The number of aliphatic imine (C=N–C) groups is 2. The standard InChI is InChI=1S/C56H54N2/c1-5-44(45-19-11-7-12-20-45)39-54(50-23-15-9-16-24-50)42(3)58-41-43-27-29-47(30-28-43)49-35-37-53(38-36-49)56(4,52-25-17-10-18-26-52)40-55(57-6-2)51-33-31-48(32-34-51)46-21-13-8-14-22-46/h5-6,8-11,13-31,33-40,48H,7,12,32,41H2,1-4H3/b44-5+,54-39+,55-40-,57-6?,58-42?. The van der Waals surface area contributed by atoms with Crippen LogP contribution in [0.4, 0.5) is 0 Å². The van der Waals surface area contributed by atoms with Gasteiger partial charge in [-0.2, -0.15) is 0 Å². The normalized spacial score (nSPS) is 17.6. The molecular weight excluding hydrogens is 701 g/mol. The van der Waals surface area contributed by atoms with Crippen molar-refractivity contribution in [1.29, 1.82) is 0 Å². The molecule has 0 aliphatic heterocycles. The second-order valence-corrected chi connectivity index (χ2v) is 15.2. The lowest BCUT2D eigenvalue weighted by molar-refractivity contribution is 0.716. The quantitative estimate of drug-likeness (QED) is 0.0845. The van der Waals surface area contributed by atoms with Crippen LogP contribution in [0.15, 0.2) is 227 Å². The molecule has 2 aliphatic carbocycles. The van der Waals surface area contributed by atoms with Crippen LogP contribution in [-0.4, -0.2) is 11.9 Å². The summed E-state index contributed by atoms with van der Waals surface area (Å²) >= 11 is 0. The van der Waals surface area contributed by atoms with E-state index in [0.29, 0.717) is 12.5 Å². The van der Waals surface area contributed by atoms with Crippen molar-refractivity contribution < 1.29 is 0 Å². The molecule has 0 radical (unpaired) electrons. The average molecular weight is 755 g/mol. The first kappa shape index (κ1) is 39.8. The van der Waals surface area contributed by atoms with E-state index in [2.05, 4.69) is 215 Å². The van der Waals surface area contributed by atoms with Crippen molar-refractivity contribution in [3.8, 4) is 11.1 Å². The monoisotopic (exact) mass is 754 g/mol. The molecule has 0 amide bonds. The van der Waals surface area contributed by atoms with Gasteiger partial charge in [0.05, 0.1) is 12.2 Å². The second kappa shape index (κ2) is 19.2. The van der Waals surface area contributed by atoms with Gasteiger partial charge in [-0.1, -0.05) is 182 Å². The molecule has 7 rings (SSSR count). The van der Waals surface area contributed by atoms with Crippen LogP contribution in [0, 0.1) is 0 Å². The highest BCUT2D eigenvalue weighted by Crippen LogP contribution is 2.38. The molecule has 2 heteroatoms. The van der Waals surface area contributed by atoms with E-state index in [1.54, 1.807) is 0 Å². The van der Waals surface area contributed by atoms with E-state index in [4.69, 9.17) is 9.98 Å². The van der Waals surface area contributed by atoms with Crippen LogP contribution in [0.5, 0.6) is 0 Å². The van der Waals surface area contributed by atoms with E-state index < -0.39 is 5.41 Å². The summed E-state index contributed by atoms with van der Waals surface area (Å²) in [4.78, 5) is 10.1. The second-order valence-electron chi connectivity index (χ2n) is 15.2. The number of nitrogens with zero attached hydrogens (tertiary/aromatic N) is 2. The average Bonchev–Trinajstić information content (AvgIpc) is 3.30. The summed E-state index contributed by atoms with van der Waals surface area (Å²) in [5, 5.41) is 0. The fourth-order valence-corrected chi connectivity index (χ4v) is 7.92. The predicted octanol–water partition coefficient (Wildman–Crippen LogP) is 14.6. The number of benzene rings is 5. The van der Waals surface area contributed by atoms with E-state index in [1.165, 1.54) is 50.1 Å². The van der Waals surface area contributed by atoms with Gasteiger partial charge in [0.25, 0.3) is 0 Å². The molecule has 0 aromatic heterocycles. The molecule has 2 nitrogen and oxygen atoms in total. The summed E-state index contributed by atoms with van der Waals surface area (Å²) in [6.45, 7) is 9.17. The first-order valence-corrected chi connectivity index (χ1v) is 20.7. The largest absolute Gasteiger partial charge is 0.285 e. The SMILES string of the molecule is CC=N/C(=C\C(C)(c1ccccc1)c1ccc(-c2ccc(CN=C(C)/C(=C\C(=C/C)C3=CCCC=C3)c3ccccc3)cc2)cc1)C1=CCC(c2ccccc2)C=C1. The van der Waals surface area contributed by atoms with Crippen LogP contribution in [0.3, 0.4) is 0 Å². The first-order valence-electron chi connectivity index (χ1n) is 20.7. The van der Waals surface area contributed by atoms with Crippen LogP contribution >= 0.6 is 0 Å². The molecule has 0 saturated carbocycles. The van der Waals surface area contributed by atoms with Gasteiger partial charge < -0.3 is 0 Å². The molecule has 0 heterocycles. The Bertz CT molecular complexity index is 2430. The minimum atomic E-state index is -0.406. The minimum Gasteiger partial charge on any atom is -0.285 e. The fourth-order valence-electron chi connectivity index (χ4n) is 7.92. The van der Waals surface area contributed by atoms with Crippen LogP contribution in [0.1, 0.15) is 80.7 Å². The number of rotatable bonds is 13. The van der Waals surface area contributed by atoms with E-state index in [-0.39, 0.29) is 0 Å². The maximum Gasteiger partial charge on any atom is 0.0666 e. The van der Waals surface area contributed by atoms with Gasteiger partial charge in [0.15, 0.2) is 0 Å². The van der Waals surface area contributed by atoms with Crippen molar-refractivity contribution in [3.63, 3.8) is 0 Å². The molecule has 0 N–H and O–H groups in total. The van der Waals surface area contributed by atoms with E-state index in [1.807, 2.05) is 13.1 Å². The zero-order valence-corrected chi connectivity index (χ0v) is 34.4. The van der Waals surface area contributed by atoms with Gasteiger partial charge in [-0.15, -0.1) is 0 Å². The van der Waals surface area contributed by atoms with Crippen LogP contribution in [0.2, 0.25) is 0 Å². The molecule has 2 aliphatic rings. The molecule has 0 spiro atoms. The summed E-state index contributed by atoms with van der Waals surface area (Å²) in [6, 6.07) is 50.1. The summed E-state index contributed by atoms with van der Waals surface area (Å²) in [5.74, 6) is 0.379. The highest BCUT2D eigenvalue weighted by Gasteiger charge is 2.28. The van der Waals surface area contributed by atoms with Gasteiger partial charge in [-0.05, 0) is 115 Å². The summed E-state index contributed by atoms with van der Waals surface area (Å²) in [6.07, 6.45) is 25.6. The molecule has 0 fully saturated rings. The third-order valence-corrected chi connectivity index (χ3v) is 11.4. The Morgan fingerprint density at radius 2 is 1.33 bits per heavy atom. The zero-order chi connectivity index (χ0) is 40.2. The lowest BCUT2D eigenvalue weighted by atomic mass is 9.74. The summed E-state index contributed by atoms with van der Waals surface area (Å²) < 4.78 is 0. The van der Waals surface area contributed by atoms with E-state index >= 15 is 0 Å². The van der Waals surface area contributed by atoms with Crippen molar-refractivity contribution >= 4 is 17.5 Å². The third-order valence-electron chi connectivity index (χ3n) is 11.4. The molecule has 2 unspecified atom stereocenters. The van der Waals surface area contributed by atoms with Gasteiger partial charge in [-0.3, -0.25) is 9.98 Å². The van der Waals surface area contributed by atoms with Crippen molar-refractivity contribution in [2.75, 3.05) is 0 Å². The molecular formula is C56H54N2. The molecule has 0 saturated heterocycles. The topological polar surface area (TPSA) is 24.7 Å². The van der Waals surface area contributed by atoms with E-state index in [0.717, 1.165) is 41.8 Å². The lowest BCUT2D eigenvalue weighted by Crippen LogP contribution is -2.22. The maximum atomic E-state index is 5.12. The maximum absolute atomic E-state index is 5.12. The summed E-state index contributed by atoms with van der Waals surface area (Å²) in [5.41, 5.74) is 14.9. The first-order chi connectivity index (χ1) is 28.4. The Morgan fingerprint density at radius 1 is 0.690 bits per heavy atom. The number of hydrogen-bond donors (Lipinski definition) is 0. The molecule has 5 aromatic rings. The molecule has 58 heavy (non-hydrogen) atoms. The van der Waals surface area contributed by atoms with Crippen molar-refractivity contribution in [1.82, 2.24) is 0 Å². The van der Waals surface area contributed by atoms with Crippen molar-refractivity contribution in [2.45, 2.75) is 64.8 Å². The van der Waals surface area contributed by atoms with Gasteiger partial charge in [0.1, 0.15) is 0 Å². The highest BCUT2D eigenvalue weighted by molar-refractivity contribution is 6.23.